The molecular weight excluding hydrogens is 318 g/mol. The van der Waals surface area contributed by atoms with Gasteiger partial charge >= 0.3 is 0 Å². The van der Waals surface area contributed by atoms with Crippen molar-refractivity contribution in [1.82, 2.24) is 14.5 Å². The van der Waals surface area contributed by atoms with Crippen LogP contribution in [0.15, 0.2) is 47.7 Å². The molecule has 0 bridgehead atoms. The van der Waals surface area contributed by atoms with Crippen LogP contribution in [-0.4, -0.2) is 41.6 Å². The Morgan fingerprint density at radius 2 is 1.84 bits per heavy atom. The molecular formula is C18H19N5O2. The number of hydrogen-bond acceptors (Lipinski definition) is 5. The molecule has 1 amide bonds. The van der Waals surface area contributed by atoms with Gasteiger partial charge in [0.25, 0.3) is 11.5 Å². The fourth-order valence-corrected chi connectivity index (χ4v) is 2.87. The van der Waals surface area contributed by atoms with Crippen LogP contribution in [0.1, 0.15) is 10.4 Å². The Kier molecular flexibility index (Phi) is 4.22. The SMILES string of the molecule is CN(C)c1c(C(=O)N(C)c2cnccn2)c(=O)n(C)c2ccccc12. The van der Waals surface area contributed by atoms with Crippen LogP contribution < -0.4 is 15.4 Å². The summed E-state index contributed by atoms with van der Waals surface area (Å²) in [6.45, 7) is 0. The van der Waals surface area contributed by atoms with Gasteiger partial charge in [-0.05, 0) is 6.07 Å². The van der Waals surface area contributed by atoms with Gasteiger partial charge in [0.05, 0.1) is 17.4 Å². The molecule has 0 fully saturated rings. The molecule has 1 aromatic carbocycles. The van der Waals surface area contributed by atoms with Crippen LogP contribution in [0.5, 0.6) is 0 Å². The monoisotopic (exact) mass is 337 g/mol. The summed E-state index contributed by atoms with van der Waals surface area (Å²) in [6.07, 6.45) is 4.52. The highest BCUT2D eigenvalue weighted by Crippen LogP contribution is 2.28. The molecule has 2 aromatic heterocycles. The Balaban J connectivity index is 2.29. The Labute approximate surface area is 145 Å². The van der Waals surface area contributed by atoms with Gasteiger partial charge in [0.15, 0.2) is 5.82 Å². The summed E-state index contributed by atoms with van der Waals surface area (Å²) in [7, 11) is 6.89. The maximum atomic E-state index is 13.1. The molecule has 0 radical (unpaired) electrons. The molecule has 3 rings (SSSR count). The third-order valence-electron chi connectivity index (χ3n) is 4.13. The van der Waals surface area contributed by atoms with E-state index in [1.165, 1.54) is 28.1 Å². The van der Waals surface area contributed by atoms with Crippen molar-refractivity contribution >= 4 is 28.3 Å². The van der Waals surface area contributed by atoms with E-state index in [9.17, 15) is 9.59 Å². The normalized spacial score (nSPS) is 10.7. The number of aromatic nitrogens is 3. The fraction of sp³-hybridized carbons (Fsp3) is 0.222. The number of aryl methyl sites for hydroxylation is 1. The summed E-state index contributed by atoms with van der Waals surface area (Å²) in [6, 6.07) is 7.53. The highest BCUT2D eigenvalue weighted by atomic mass is 16.2. The van der Waals surface area contributed by atoms with Gasteiger partial charge in [-0.25, -0.2) is 4.98 Å². The number of pyridine rings is 1. The Bertz CT molecular complexity index is 996. The number of nitrogens with zero attached hydrogens (tertiary/aromatic N) is 5. The summed E-state index contributed by atoms with van der Waals surface area (Å²) in [5.41, 5.74) is 1.14. The minimum absolute atomic E-state index is 0.111. The van der Waals surface area contributed by atoms with Crippen molar-refractivity contribution in [2.24, 2.45) is 7.05 Å². The Morgan fingerprint density at radius 3 is 2.48 bits per heavy atom. The molecule has 7 nitrogen and oxygen atoms in total. The third-order valence-corrected chi connectivity index (χ3v) is 4.13. The minimum Gasteiger partial charge on any atom is -0.376 e. The van der Waals surface area contributed by atoms with Gasteiger partial charge in [0.1, 0.15) is 5.56 Å². The average molecular weight is 337 g/mol. The highest BCUT2D eigenvalue weighted by molar-refractivity contribution is 6.13. The summed E-state index contributed by atoms with van der Waals surface area (Å²) < 4.78 is 1.50. The molecule has 0 spiro atoms. The maximum absolute atomic E-state index is 13.1. The molecule has 0 saturated carbocycles. The second-order valence-electron chi connectivity index (χ2n) is 5.93. The lowest BCUT2D eigenvalue weighted by atomic mass is 10.1. The second kappa shape index (κ2) is 6.35. The van der Waals surface area contributed by atoms with Crippen molar-refractivity contribution in [3.8, 4) is 0 Å². The predicted molar refractivity (Wildman–Crippen MR) is 98.3 cm³/mol. The summed E-state index contributed by atoms with van der Waals surface area (Å²) in [4.78, 5) is 37.3. The molecule has 25 heavy (non-hydrogen) atoms. The van der Waals surface area contributed by atoms with Crippen LogP contribution in [0.2, 0.25) is 0 Å². The van der Waals surface area contributed by atoms with E-state index in [1.54, 1.807) is 19.0 Å². The maximum Gasteiger partial charge on any atom is 0.266 e. The van der Waals surface area contributed by atoms with Gasteiger partial charge in [-0.2, -0.15) is 0 Å². The average Bonchev–Trinajstić information content (AvgIpc) is 2.63. The summed E-state index contributed by atoms with van der Waals surface area (Å²) >= 11 is 0. The molecule has 0 N–H and O–H groups in total. The van der Waals surface area contributed by atoms with E-state index in [1.807, 2.05) is 38.4 Å². The van der Waals surface area contributed by atoms with Crippen molar-refractivity contribution in [2.45, 2.75) is 0 Å². The molecule has 0 saturated heterocycles. The van der Waals surface area contributed by atoms with Crippen LogP contribution in [0.25, 0.3) is 10.9 Å². The standard InChI is InChI=1S/C18H19N5O2/c1-21(2)16-12-7-5-6-8-13(12)22(3)17(24)15(16)18(25)23(4)14-11-19-9-10-20-14/h5-11H,1-4H3. The highest BCUT2D eigenvalue weighted by Gasteiger charge is 2.26. The number of carbonyl (C=O) groups excluding carboxylic acids is 1. The first-order chi connectivity index (χ1) is 11.9. The Hall–Kier alpha value is -3.22. The van der Waals surface area contributed by atoms with Crippen molar-refractivity contribution in [1.29, 1.82) is 0 Å². The zero-order chi connectivity index (χ0) is 18.1. The molecule has 128 valence electrons. The van der Waals surface area contributed by atoms with Gasteiger partial charge < -0.3 is 9.47 Å². The molecule has 3 aromatic rings. The molecule has 7 heteroatoms. The number of anilines is 2. The molecule has 0 atom stereocenters. The van der Waals surface area contributed by atoms with Crippen LogP contribution >= 0.6 is 0 Å². The number of hydrogen-bond donors (Lipinski definition) is 0. The van der Waals surface area contributed by atoms with Crippen molar-refractivity contribution in [3.05, 3.63) is 58.8 Å². The first-order valence-electron chi connectivity index (χ1n) is 7.76. The van der Waals surface area contributed by atoms with Gasteiger partial charge in [-0.15, -0.1) is 0 Å². The van der Waals surface area contributed by atoms with E-state index in [2.05, 4.69) is 9.97 Å². The minimum atomic E-state index is -0.421. The lowest BCUT2D eigenvalue weighted by molar-refractivity contribution is 0.0991. The van der Waals surface area contributed by atoms with E-state index < -0.39 is 5.91 Å². The predicted octanol–water partition coefficient (Wildman–Crippen LogP) is 1.67. The van der Waals surface area contributed by atoms with Gasteiger partial charge in [-0.1, -0.05) is 18.2 Å². The number of rotatable bonds is 3. The van der Waals surface area contributed by atoms with E-state index in [0.29, 0.717) is 11.5 Å². The number of benzene rings is 1. The summed E-state index contributed by atoms with van der Waals surface area (Å²) in [5, 5.41) is 0.838. The molecule has 0 aliphatic carbocycles. The first-order valence-corrected chi connectivity index (χ1v) is 7.76. The fourth-order valence-electron chi connectivity index (χ4n) is 2.87. The number of amides is 1. The van der Waals surface area contributed by atoms with Crippen LogP contribution in [0, 0.1) is 0 Å². The van der Waals surface area contributed by atoms with E-state index in [0.717, 1.165) is 10.9 Å². The third kappa shape index (κ3) is 2.73. The number of fused-ring (bicyclic) bond motifs is 1. The van der Waals surface area contributed by atoms with E-state index >= 15 is 0 Å². The summed E-state index contributed by atoms with van der Waals surface area (Å²) in [5.74, 6) is -0.0389. The Morgan fingerprint density at radius 1 is 1.12 bits per heavy atom. The van der Waals surface area contributed by atoms with Gasteiger partial charge in [0.2, 0.25) is 0 Å². The second-order valence-corrected chi connectivity index (χ2v) is 5.93. The van der Waals surface area contributed by atoms with E-state index in [4.69, 9.17) is 0 Å². The quantitative estimate of drug-likeness (QED) is 0.727. The largest absolute Gasteiger partial charge is 0.376 e. The number of para-hydroxylation sites is 1. The number of carbonyl (C=O) groups is 1. The van der Waals surface area contributed by atoms with Crippen LogP contribution in [-0.2, 0) is 7.05 Å². The lowest BCUT2D eigenvalue weighted by Crippen LogP contribution is -2.36. The van der Waals surface area contributed by atoms with Gasteiger partial charge in [0, 0.05) is 46.0 Å². The zero-order valence-electron chi connectivity index (χ0n) is 14.6. The van der Waals surface area contributed by atoms with Crippen molar-refractivity contribution < 1.29 is 4.79 Å². The smallest absolute Gasteiger partial charge is 0.266 e. The van der Waals surface area contributed by atoms with Crippen molar-refractivity contribution in [2.75, 3.05) is 30.9 Å². The molecule has 2 heterocycles. The van der Waals surface area contributed by atoms with Crippen LogP contribution in [0.4, 0.5) is 11.5 Å². The van der Waals surface area contributed by atoms with E-state index in [-0.39, 0.29) is 11.1 Å². The topological polar surface area (TPSA) is 71.3 Å². The first kappa shape index (κ1) is 16.6. The zero-order valence-corrected chi connectivity index (χ0v) is 14.6. The van der Waals surface area contributed by atoms with Crippen molar-refractivity contribution in [3.63, 3.8) is 0 Å². The molecule has 0 aliphatic rings. The van der Waals surface area contributed by atoms with Gasteiger partial charge in [-0.3, -0.25) is 19.5 Å². The molecule has 0 aliphatic heterocycles. The van der Waals surface area contributed by atoms with Crippen LogP contribution in [0.3, 0.4) is 0 Å². The molecule has 0 unspecified atom stereocenters. The lowest BCUT2D eigenvalue weighted by Gasteiger charge is -2.23.